The fourth-order valence-corrected chi connectivity index (χ4v) is 2.46. The largest absolute Gasteiger partial charge is 0.258 e. The molecule has 1 atom stereocenters. The minimum atomic E-state index is 0.818. The molecule has 1 nitrogen and oxygen atoms in total. The molecule has 0 N–H and O–H groups in total. The first kappa shape index (κ1) is 11.4. The first-order valence-corrected chi connectivity index (χ1v) is 6.29. The maximum atomic E-state index is 4.83. The summed E-state index contributed by atoms with van der Waals surface area (Å²) in [6.45, 7) is 6.61. The molecular weight excluding hydrogens is 194 g/mol. The number of hydrogen-bond donors (Lipinski definition) is 0. The molecule has 1 saturated carbocycles. The van der Waals surface area contributed by atoms with Crippen LogP contribution in [0.5, 0.6) is 0 Å². The molecular formula is C15H21N. The van der Waals surface area contributed by atoms with Gasteiger partial charge in [0.05, 0.1) is 5.69 Å². The minimum absolute atomic E-state index is 0.818. The van der Waals surface area contributed by atoms with E-state index < -0.39 is 0 Å². The highest BCUT2D eigenvalue weighted by Gasteiger charge is 2.14. The van der Waals surface area contributed by atoms with Crippen molar-refractivity contribution in [1.82, 2.24) is 0 Å². The number of benzene rings is 1. The monoisotopic (exact) mass is 215 g/mol. The van der Waals surface area contributed by atoms with Gasteiger partial charge >= 0.3 is 0 Å². The van der Waals surface area contributed by atoms with Gasteiger partial charge in [-0.05, 0) is 57.1 Å². The van der Waals surface area contributed by atoms with E-state index >= 15 is 0 Å². The van der Waals surface area contributed by atoms with Gasteiger partial charge in [-0.1, -0.05) is 24.6 Å². The van der Waals surface area contributed by atoms with Crippen LogP contribution in [0.4, 0.5) is 5.69 Å². The van der Waals surface area contributed by atoms with Crippen molar-refractivity contribution in [3.8, 4) is 0 Å². The van der Waals surface area contributed by atoms with Crippen molar-refractivity contribution in [2.75, 3.05) is 0 Å². The second-order valence-electron chi connectivity index (χ2n) is 5.17. The lowest BCUT2D eigenvalue weighted by atomic mass is 9.89. The molecule has 86 valence electrons. The van der Waals surface area contributed by atoms with Crippen LogP contribution in [0.2, 0.25) is 0 Å². The maximum Gasteiger partial charge on any atom is 0.0658 e. The third kappa shape index (κ3) is 2.72. The molecule has 1 aliphatic carbocycles. The average Bonchev–Trinajstić information content (AvgIpc) is 2.22. The van der Waals surface area contributed by atoms with E-state index in [2.05, 4.69) is 39.0 Å². The third-order valence-electron chi connectivity index (χ3n) is 3.38. The normalized spacial score (nSPS) is 23.7. The quantitative estimate of drug-likeness (QED) is 0.650. The number of aryl methyl sites for hydroxylation is 2. The van der Waals surface area contributed by atoms with Gasteiger partial charge in [-0.2, -0.15) is 0 Å². The standard InChI is InChI=1S/C15H21N/c1-11-5-4-6-14(10-11)16-15-8-7-12(2)9-13(15)3/h7-9,11H,4-6,10H2,1-3H3. The molecule has 1 unspecified atom stereocenters. The summed E-state index contributed by atoms with van der Waals surface area (Å²) in [7, 11) is 0. The van der Waals surface area contributed by atoms with Gasteiger partial charge in [-0.25, -0.2) is 0 Å². The molecule has 1 aliphatic rings. The number of hydrogen-bond acceptors (Lipinski definition) is 1. The Morgan fingerprint density at radius 2 is 2.06 bits per heavy atom. The first-order valence-electron chi connectivity index (χ1n) is 6.29. The lowest BCUT2D eigenvalue weighted by molar-refractivity contribution is 0.500. The van der Waals surface area contributed by atoms with Crippen LogP contribution >= 0.6 is 0 Å². The molecule has 1 fully saturated rings. The van der Waals surface area contributed by atoms with Gasteiger partial charge in [0.2, 0.25) is 0 Å². The summed E-state index contributed by atoms with van der Waals surface area (Å²) in [4.78, 5) is 4.83. The predicted octanol–water partition coefficient (Wildman–Crippen LogP) is 4.59. The molecule has 0 radical (unpaired) electrons. The Kier molecular flexibility index (Phi) is 3.42. The van der Waals surface area contributed by atoms with E-state index in [0.717, 1.165) is 11.6 Å². The van der Waals surface area contributed by atoms with Crippen molar-refractivity contribution < 1.29 is 0 Å². The molecule has 0 heterocycles. The summed E-state index contributed by atoms with van der Waals surface area (Å²) in [5.74, 6) is 0.818. The van der Waals surface area contributed by atoms with Gasteiger partial charge in [0.25, 0.3) is 0 Å². The van der Waals surface area contributed by atoms with Gasteiger partial charge in [0, 0.05) is 5.71 Å². The maximum absolute atomic E-state index is 4.83. The molecule has 0 spiro atoms. The Hall–Kier alpha value is -1.11. The van der Waals surface area contributed by atoms with E-state index in [9.17, 15) is 0 Å². The van der Waals surface area contributed by atoms with Gasteiger partial charge < -0.3 is 0 Å². The van der Waals surface area contributed by atoms with Crippen molar-refractivity contribution in [1.29, 1.82) is 0 Å². The van der Waals surface area contributed by atoms with Crippen LogP contribution < -0.4 is 0 Å². The summed E-state index contributed by atoms with van der Waals surface area (Å²) < 4.78 is 0. The highest BCUT2D eigenvalue weighted by Crippen LogP contribution is 2.26. The Bertz CT molecular complexity index is 404. The molecule has 1 aromatic carbocycles. The molecule has 0 saturated heterocycles. The van der Waals surface area contributed by atoms with Crippen LogP contribution in [0.25, 0.3) is 0 Å². The van der Waals surface area contributed by atoms with Crippen LogP contribution in [0.15, 0.2) is 23.2 Å². The van der Waals surface area contributed by atoms with Crippen LogP contribution in [0.1, 0.15) is 43.7 Å². The summed E-state index contributed by atoms with van der Waals surface area (Å²) >= 11 is 0. The predicted molar refractivity (Wildman–Crippen MR) is 70.6 cm³/mol. The number of aliphatic imine (C=N–C) groups is 1. The van der Waals surface area contributed by atoms with Crippen LogP contribution in [0.3, 0.4) is 0 Å². The van der Waals surface area contributed by atoms with Crippen molar-refractivity contribution in [3.63, 3.8) is 0 Å². The first-order chi connectivity index (χ1) is 7.65. The Morgan fingerprint density at radius 1 is 1.25 bits per heavy atom. The highest BCUT2D eigenvalue weighted by atomic mass is 14.8. The summed E-state index contributed by atoms with van der Waals surface area (Å²) in [6.07, 6.45) is 5.06. The molecule has 2 rings (SSSR count). The molecule has 16 heavy (non-hydrogen) atoms. The smallest absolute Gasteiger partial charge is 0.0658 e. The average molecular weight is 215 g/mol. The summed E-state index contributed by atoms with van der Waals surface area (Å²) in [5.41, 5.74) is 5.17. The van der Waals surface area contributed by atoms with Crippen molar-refractivity contribution in [2.24, 2.45) is 10.9 Å². The second-order valence-corrected chi connectivity index (χ2v) is 5.17. The lowest BCUT2D eigenvalue weighted by Gasteiger charge is -2.19. The summed E-state index contributed by atoms with van der Waals surface area (Å²) in [5, 5.41) is 0. The van der Waals surface area contributed by atoms with E-state index in [4.69, 9.17) is 4.99 Å². The Morgan fingerprint density at radius 3 is 2.75 bits per heavy atom. The SMILES string of the molecule is Cc1ccc(N=C2CCCC(C)C2)c(C)c1. The van der Waals surface area contributed by atoms with E-state index in [-0.39, 0.29) is 0 Å². The molecule has 0 amide bonds. The Labute approximate surface area is 98.6 Å². The van der Waals surface area contributed by atoms with E-state index in [1.807, 2.05) is 0 Å². The number of nitrogens with zero attached hydrogens (tertiary/aromatic N) is 1. The van der Waals surface area contributed by atoms with Crippen LogP contribution in [0, 0.1) is 19.8 Å². The molecule has 1 aromatic rings. The number of rotatable bonds is 1. The van der Waals surface area contributed by atoms with Gasteiger partial charge in [0.15, 0.2) is 0 Å². The zero-order valence-electron chi connectivity index (χ0n) is 10.6. The molecule has 1 heteroatoms. The van der Waals surface area contributed by atoms with Gasteiger partial charge in [-0.15, -0.1) is 0 Å². The van der Waals surface area contributed by atoms with Crippen molar-refractivity contribution >= 4 is 11.4 Å². The molecule has 0 bridgehead atoms. The van der Waals surface area contributed by atoms with Crippen LogP contribution in [-0.2, 0) is 0 Å². The van der Waals surface area contributed by atoms with E-state index in [0.29, 0.717) is 0 Å². The summed E-state index contributed by atoms with van der Waals surface area (Å²) in [6, 6.07) is 6.52. The minimum Gasteiger partial charge on any atom is -0.258 e. The Balaban J connectivity index is 2.21. The van der Waals surface area contributed by atoms with Gasteiger partial charge in [0.1, 0.15) is 0 Å². The topological polar surface area (TPSA) is 12.4 Å². The van der Waals surface area contributed by atoms with Crippen molar-refractivity contribution in [3.05, 3.63) is 29.3 Å². The third-order valence-corrected chi connectivity index (χ3v) is 3.38. The van der Waals surface area contributed by atoms with Gasteiger partial charge in [-0.3, -0.25) is 4.99 Å². The fraction of sp³-hybridized carbons (Fsp3) is 0.533. The van der Waals surface area contributed by atoms with Crippen LogP contribution in [-0.4, -0.2) is 5.71 Å². The zero-order chi connectivity index (χ0) is 11.5. The van der Waals surface area contributed by atoms with Crippen molar-refractivity contribution in [2.45, 2.75) is 46.5 Å². The van der Waals surface area contributed by atoms with E-state index in [1.165, 1.54) is 42.5 Å². The zero-order valence-corrected chi connectivity index (χ0v) is 10.6. The second kappa shape index (κ2) is 4.82. The fourth-order valence-electron chi connectivity index (χ4n) is 2.46. The van der Waals surface area contributed by atoms with E-state index in [1.54, 1.807) is 0 Å². The lowest BCUT2D eigenvalue weighted by Crippen LogP contribution is -2.12. The highest BCUT2D eigenvalue weighted by molar-refractivity contribution is 5.88. The molecule has 0 aromatic heterocycles. The molecule has 0 aliphatic heterocycles.